The lowest BCUT2D eigenvalue weighted by molar-refractivity contribution is -0.133. The Morgan fingerprint density at radius 1 is 1.50 bits per heavy atom. The Kier molecular flexibility index (Phi) is 1.14. The lowest BCUT2D eigenvalue weighted by Gasteiger charge is -2.29. The second-order valence-corrected chi connectivity index (χ2v) is 4.98. The molecule has 1 spiro atoms. The Morgan fingerprint density at radius 3 is 2.93 bits per heavy atom. The van der Waals surface area contributed by atoms with Crippen LogP contribution >= 0.6 is 0 Å². The third kappa shape index (κ3) is 0.606. The van der Waals surface area contributed by atoms with Crippen LogP contribution in [0.5, 0.6) is 0 Å². The van der Waals surface area contributed by atoms with Gasteiger partial charge in [-0.1, -0.05) is 6.08 Å². The topological polar surface area (TPSA) is 37.4 Å². The number of likely N-dealkylation sites (tertiary alicyclic amines) is 1. The summed E-state index contributed by atoms with van der Waals surface area (Å²) in [4.78, 5) is 25.0. The van der Waals surface area contributed by atoms with Gasteiger partial charge in [-0.3, -0.25) is 9.59 Å². The summed E-state index contributed by atoms with van der Waals surface area (Å²) in [6.45, 7) is 2.02. The summed E-state index contributed by atoms with van der Waals surface area (Å²) >= 11 is 0. The van der Waals surface area contributed by atoms with E-state index in [0.29, 0.717) is 6.42 Å². The lowest BCUT2D eigenvalue weighted by atomic mass is 9.84. The number of carbonyl (C=O) groups excluding carboxylic acids is 2. The van der Waals surface area contributed by atoms with Gasteiger partial charge in [0.25, 0.3) is 0 Å². The largest absolute Gasteiger partial charge is 0.341 e. The summed E-state index contributed by atoms with van der Waals surface area (Å²) in [6.07, 6.45) is 5.07. The Balaban J connectivity index is 2.12. The molecule has 74 valence electrons. The molecule has 0 aromatic rings. The maximum atomic E-state index is 11.9. The normalized spacial score (nSPS) is 49.3. The molecule has 2 fully saturated rings. The molecule has 1 saturated heterocycles. The zero-order chi connectivity index (χ0) is 10.1. The minimum Gasteiger partial charge on any atom is -0.341 e. The van der Waals surface area contributed by atoms with Crippen LogP contribution in [0.15, 0.2) is 12.2 Å². The van der Waals surface area contributed by atoms with E-state index >= 15 is 0 Å². The van der Waals surface area contributed by atoms with E-state index < -0.39 is 0 Å². The second-order valence-electron chi connectivity index (χ2n) is 4.98. The molecule has 0 unspecified atom stereocenters. The van der Waals surface area contributed by atoms with Gasteiger partial charge in [0.15, 0.2) is 5.78 Å². The SMILES string of the molecule is CN1C(=O)[C@@]2(C)C[C@]23C=CC(=O)C[C@H]13. The fourth-order valence-corrected chi connectivity index (χ4v) is 3.35. The molecule has 0 radical (unpaired) electrons. The van der Waals surface area contributed by atoms with Crippen LogP contribution in [0.25, 0.3) is 0 Å². The fraction of sp³-hybridized carbons (Fsp3) is 0.636. The minimum absolute atomic E-state index is 0.00720. The molecule has 2 aliphatic carbocycles. The van der Waals surface area contributed by atoms with E-state index in [4.69, 9.17) is 0 Å². The van der Waals surface area contributed by atoms with Gasteiger partial charge in [-0.15, -0.1) is 0 Å². The first-order valence-electron chi connectivity index (χ1n) is 5.01. The van der Waals surface area contributed by atoms with Crippen LogP contribution in [0.2, 0.25) is 0 Å². The maximum absolute atomic E-state index is 11.9. The molecule has 3 atom stereocenters. The van der Waals surface area contributed by atoms with Crippen LogP contribution in [-0.4, -0.2) is 29.7 Å². The number of hydrogen-bond donors (Lipinski definition) is 0. The number of carbonyl (C=O) groups is 2. The summed E-state index contributed by atoms with van der Waals surface area (Å²) < 4.78 is 0. The molecule has 3 heteroatoms. The van der Waals surface area contributed by atoms with Gasteiger partial charge >= 0.3 is 0 Å². The summed E-state index contributed by atoms with van der Waals surface area (Å²) in [5.74, 6) is 0.360. The van der Waals surface area contributed by atoms with Gasteiger partial charge in [-0.05, 0) is 19.4 Å². The first-order chi connectivity index (χ1) is 6.51. The average Bonchev–Trinajstić information content (AvgIpc) is 2.71. The van der Waals surface area contributed by atoms with Crippen molar-refractivity contribution in [2.45, 2.75) is 25.8 Å². The molecule has 1 amide bonds. The quantitative estimate of drug-likeness (QED) is 0.566. The number of amides is 1. The van der Waals surface area contributed by atoms with Gasteiger partial charge in [-0.2, -0.15) is 0 Å². The van der Waals surface area contributed by atoms with Gasteiger partial charge in [0.05, 0.1) is 5.41 Å². The molecule has 3 aliphatic rings. The van der Waals surface area contributed by atoms with Gasteiger partial charge < -0.3 is 4.90 Å². The van der Waals surface area contributed by atoms with Crippen molar-refractivity contribution in [1.82, 2.24) is 4.90 Å². The number of hydrogen-bond acceptors (Lipinski definition) is 2. The van der Waals surface area contributed by atoms with Crippen LogP contribution in [0.4, 0.5) is 0 Å². The highest BCUT2D eigenvalue weighted by atomic mass is 16.2. The zero-order valence-electron chi connectivity index (χ0n) is 8.41. The Bertz CT molecular complexity index is 387. The van der Waals surface area contributed by atoms with Crippen LogP contribution in [0, 0.1) is 10.8 Å². The number of allylic oxidation sites excluding steroid dienone is 1. The molecule has 1 aliphatic heterocycles. The van der Waals surface area contributed by atoms with Gasteiger partial charge in [0, 0.05) is 24.9 Å². The van der Waals surface area contributed by atoms with Gasteiger partial charge in [0.1, 0.15) is 0 Å². The van der Waals surface area contributed by atoms with E-state index in [1.165, 1.54) is 0 Å². The van der Waals surface area contributed by atoms with E-state index in [1.807, 2.05) is 20.0 Å². The van der Waals surface area contributed by atoms with Gasteiger partial charge in [-0.25, -0.2) is 0 Å². The first kappa shape index (κ1) is 8.21. The van der Waals surface area contributed by atoms with E-state index in [2.05, 4.69) is 0 Å². The highest BCUT2D eigenvalue weighted by molar-refractivity contribution is 5.98. The van der Waals surface area contributed by atoms with Crippen LogP contribution in [-0.2, 0) is 9.59 Å². The number of rotatable bonds is 0. The summed E-state index contributed by atoms with van der Waals surface area (Å²) in [6, 6.07) is 0.123. The molecule has 0 N–H and O–H groups in total. The van der Waals surface area contributed by atoms with Crippen molar-refractivity contribution < 1.29 is 9.59 Å². The van der Waals surface area contributed by atoms with Crippen molar-refractivity contribution in [3.8, 4) is 0 Å². The van der Waals surface area contributed by atoms with E-state index in [-0.39, 0.29) is 28.6 Å². The second kappa shape index (κ2) is 1.95. The molecular weight excluding hydrogens is 178 g/mol. The van der Waals surface area contributed by atoms with E-state index in [0.717, 1.165) is 6.42 Å². The Morgan fingerprint density at radius 2 is 2.21 bits per heavy atom. The van der Waals surface area contributed by atoms with Crippen molar-refractivity contribution in [2.24, 2.45) is 10.8 Å². The molecule has 1 heterocycles. The lowest BCUT2D eigenvalue weighted by Crippen LogP contribution is -2.39. The fourth-order valence-electron chi connectivity index (χ4n) is 3.35. The highest BCUT2D eigenvalue weighted by Crippen LogP contribution is 2.73. The molecule has 3 nitrogen and oxygen atoms in total. The van der Waals surface area contributed by atoms with Crippen LogP contribution in [0.1, 0.15) is 19.8 Å². The first-order valence-corrected chi connectivity index (χ1v) is 5.01. The predicted molar refractivity (Wildman–Crippen MR) is 50.5 cm³/mol. The Labute approximate surface area is 82.8 Å². The van der Waals surface area contributed by atoms with Crippen molar-refractivity contribution in [3.05, 3.63) is 12.2 Å². The molecular formula is C11H13NO2. The monoisotopic (exact) mass is 191 g/mol. The molecule has 0 aromatic heterocycles. The Hall–Kier alpha value is -1.12. The third-order valence-corrected chi connectivity index (χ3v) is 4.36. The number of piperidine rings is 1. The number of nitrogens with zero attached hydrogens (tertiary/aromatic N) is 1. The van der Waals surface area contributed by atoms with Gasteiger partial charge in [0.2, 0.25) is 5.91 Å². The molecule has 3 rings (SSSR count). The van der Waals surface area contributed by atoms with E-state index in [1.54, 1.807) is 11.0 Å². The standard InChI is InChI=1S/C11H13NO2/c1-10-6-11(10)4-3-7(13)5-8(11)12(2)9(10)14/h3-4,8H,5-6H2,1-2H3/t8-,10+,11-/m0/s1. The average molecular weight is 191 g/mol. The van der Waals surface area contributed by atoms with E-state index in [9.17, 15) is 9.59 Å². The van der Waals surface area contributed by atoms with Crippen molar-refractivity contribution in [2.75, 3.05) is 7.05 Å². The third-order valence-electron chi connectivity index (χ3n) is 4.36. The predicted octanol–water partition coefficient (Wildman–Crippen LogP) is 0.752. The van der Waals surface area contributed by atoms with Crippen molar-refractivity contribution in [1.29, 1.82) is 0 Å². The highest BCUT2D eigenvalue weighted by Gasteiger charge is 2.77. The summed E-state index contributed by atoms with van der Waals surface area (Å²) in [7, 11) is 1.82. The maximum Gasteiger partial charge on any atom is 0.229 e. The molecule has 0 aromatic carbocycles. The minimum atomic E-state index is -0.205. The van der Waals surface area contributed by atoms with Crippen LogP contribution in [0.3, 0.4) is 0 Å². The van der Waals surface area contributed by atoms with Crippen LogP contribution < -0.4 is 0 Å². The zero-order valence-corrected chi connectivity index (χ0v) is 8.41. The number of ketones is 1. The van der Waals surface area contributed by atoms with Crippen molar-refractivity contribution >= 4 is 11.7 Å². The molecule has 14 heavy (non-hydrogen) atoms. The molecule has 1 saturated carbocycles. The summed E-state index contributed by atoms with van der Waals surface area (Å²) in [5.41, 5.74) is -0.212. The smallest absolute Gasteiger partial charge is 0.229 e. The summed E-state index contributed by atoms with van der Waals surface area (Å²) in [5, 5.41) is 0. The van der Waals surface area contributed by atoms with Crippen molar-refractivity contribution in [3.63, 3.8) is 0 Å². The molecule has 0 bridgehead atoms.